The molecule has 2 aliphatic rings. The molecule has 11 heteroatoms. The Kier molecular flexibility index (Phi) is 8.08. The molecule has 4 heterocycles. The third-order valence-corrected chi connectivity index (χ3v) is 7.61. The topological polar surface area (TPSA) is 114 Å². The van der Waals surface area contributed by atoms with Crippen LogP contribution in [0.5, 0.6) is 11.6 Å². The molecular formula is C28H37FN8O2. The molecule has 10 nitrogen and oxygen atoms in total. The zero-order valence-electron chi connectivity index (χ0n) is 22.9. The molecule has 1 amide bonds. The lowest BCUT2D eigenvalue weighted by atomic mass is 9.97. The van der Waals surface area contributed by atoms with Gasteiger partial charge >= 0.3 is 0 Å². The quantitative estimate of drug-likeness (QED) is 0.451. The van der Waals surface area contributed by atoms with E-state index >= 15 is 0 Å². The number of nitrogens with zero attached hydrogens (tertiary/aromatic N) is 6. The van der Waals surface area contributed by atoms with Crippen LogP contribution in [0.15, 0.2) is 30.7 Å². The highest BCUT2D eigenvalue weighted by atomic mass is 19.1. The fourth-order valence-corrected chi connectivity index (χ4v) is 5.41. The Hall–Kier alpha value is -3.57. The van der Waals surface area contributed by atoms with Crippen LogP contribution in [0.1, 0.15) is 46.8 Å². The molecule has 0 aliphatic carbocycles. The minimum Gasteiger partial charge on any atom is -0.433 e. The summed E-state index contributed by atoms with van der Waals surface area (Å²) in [5.41, 5.74) is 9.78. The number of nitrogen functional groups attached to an aromatic ring is 1. The number of anilines is 1. The highest BCUT2D eigenvalue weighted by molar-refractivity contribution is 5.97. The van der Waals surface area contributed by atoms with Crippen molar-refractivity contribution in [2.45, 2.75) is 45.3 Å². The van der Waals surface area contributed by atoms with Gasteiger partial charge in [0.1, 0.15) is 6.17 Å². The molecule has 5 rings (SSSR count). The van der Waals surface area contributed by atoms with E-state index in [1.165, 1.54) is 0 Å². The molecule has 1 atom stereocenters. The predicted molar refractivity (Wildman–Crippen MR) is 148 cm³/mol. The third-order valence-electron chi connectivity index (χ3n) is 7.61. The molecule has 3 N–H and O–H groups in total. The van der Waals surface area contributed by atoms with E-state index in [2.05, 4.69) is 32.3 Å². The van der Waals surface area contributed by atoms with Gasteiger partial charge < -0.3 is 20.7 Å². The smallest absolute Gasteiger partial charge is 0.263 e. The molecular weight excluding hydrogens is 499 g/mol. The molecule has 3 aromatic rings. The van der Waals surface area contributed by atoms with Gasteiger partial charge in [0.2, 0.25) is 0 Å². The standard InChI is InChI=1S/C28H37FN8O2/c1-18-12-20(13-19(2)25(18)27(38)31-7-11-36-10-4-21(29)16-36)24-15-32-26(30)28(34-24)39-23-14-33-37(17-23)22-5-8-35(3)9-6-22/h12-15,17,21-22H,4-11,16H2,1-3H3,(H2,30,32)(H,31,38). The Labute approximate surface area is 228 Å². The number of nitrogens with two attached hydrogens (primary N) is 1. The average molecular weight is 537 g/mol. The summed E-state index contributed by atoms with van der Waals surface area (Å²) in [6.45, 7) is 8.18. The maximum absolute atomic E-state index is 13.4. The van der Waals surface area contributed by atoms with Gasteiger partial charge in [-0.05, 0) is 76.5 Å². The van der Waals surface area contributed by atoms with Gasteiger partial charge in [-0.1, -0.05) is 0 Å². The van der Waals surface area contributed by atoms with E-state index in [9.17, 15) is 9.18 Å². The van der Waals surface area contributed by atoms with Crippen molar-refractivity contribution in [1.29, 1.82) is 0 Å². The maximum atomic E-state index is 13.4. The second-order valence-corrected chi connectivity index (χ2v) is 10.7. The molecule has 2 fully saturated rings. The molecule has 2 saturated heterocycles. The van der Waals surface area contributed by atoms with E-state index in [1.54, 1.807) is 12.4 Å². The van der Waals surface area contributed by atoms with Crippen LogP contribution >= 0.6 is 0 Å². The number of hydrogen-bond donors (Lipinski definition) is 2. The van der Waals surface area contributed by atoms with Crippen molar-refractivity contribution in [3.63, 3.8) is 0 Å². The number of benzene rings is 1. The summed E-state index contributed by atoms with van der Waals surface area (Å²) in [7, 11) is 2.13. The molecule has 2 aromatic heterocycles. The number of amides is 1. The van der Waals surface area contributed by atoms with Gasteiger partial charge in [-0.25, -0.2) is 14.4 Å². The number of alkyl halides is 1. The summed E-state index contributed by atoms with van der Waals surface area (Å²) in [6, 6.07) is 4.17. The fourth-order valence-electron chi connectivity index (χ4n) is 5.41. The van der Waals surface area contributed by atoms with Gasteiger partial charge in [0.25, 0.3) is 11.8 Å². The molecule has 1 aromatic carbocycles. The van der Waals surface area contributed by atoms with E-state index in [0.717, 1.165) is 49.2 Å². The molecule has 0 bridgehead atoms. The number of hydrogen-bond acceptors (Lipinski definition) is 8. The van der Waals surface area contributed by atoms with Crippen molar-refractivity contribution >= 4 is 11.7 Å². The summed E-state index contributed by atoms with van der Waals surface area (Å²) in [6.07, 6.45) is 7.04. The molecule has 0 spiro atoms. The molecule has 1 unspecified atom stereocenters. The van der Waals surface area contributed by atoms with Crippen molar-refractivity contribution in [2.24, 2.45) is 0 Å². The molecule has 0 saturated carbocycles. The molecule has 208 valence electrons. The summed E-state index contributed by atoms with van der Waals surface area (Å²) in [4.78, 5) is 26.2. The first-order valence-corrected chi connectivity index (χ1v) is 13.6. The fraction of sp³-hybridized carbons (Fsp3) is 0.500. The summed E-state index contributed by atoms with van der Waals surface area (Å²) in [5, 5.41) is 7.47. The van der Waals surface area contributed by atoms with E-state index in [0.29, 0.717) is 49.1 Å². The number of halogens is 1. The van der Waals surface area contributed by atoms with E-state index < -0.39 is 6.17 Å². The lowest BCUT2D eigenvalue weighted by Crippen LogP contribution is -2.34. The highest BCUT2D eigenvalue weighted by Crippen LogP contribution is 2.30. The largest absolute Gasteiger partial charge is 0.433 e. The first-order valence-electron chi connectivity index (χ1n) is 13.6. The van der Waals surface area contributed by atoms with Crippen LogP contribution in [0.2, 0.25) is 0 Å². The van der Waals surface area contributed by atoms with Crippen molar-refractivity contribution in [2.75, 3.05) is 52.0 Å². The molecule has 39 heavy (non-hydrogen) atoms. The maximum Gasteiger partial charge on any atom is 0.263 e. The first-order chi connectivity index (χ1) is 18.8. The monoisotopic (exact) mass is 536 g/mol. The summed E-state index contributed by atoms with van der Waals surface area (Å²) >= 11 is 0. The minimum atomic E-state index is -0.762. The Morgan fingerprint density at radius 3 is 2.59 bits per heavy atom. The number of ether oxygens (including phenoxy) is 1. The Balaban J connectivity index is 1.26. The van der Waals surface area contributed by atoms with Crippen molar-refractivity contribution < 1.29 is 13.9 Å². The number of aryl methyl sites for hydroxylation is 2. The van der Waals surface area contributed by atoms with Gasteiger partial charge in [0.05, 0.1) is 30.3 Å². The van der Waals surface area contributed by atoms with Gasteiger partial charge in [-0.15, -0.1) is 0 Å². The summed E-state index contributed by atoms with van der Waals surface area (Å²) in [5.74, 6) is 0.821. The second kappa shape index (κ2) is 11.7. The van der Waals surface area contributed by atoms with Crippen molar-refractivity contribution in [1.82, 2.24) is 34.9 Å². The number of aromatic nitrogens is 4. The van der Waals surface area contributed by atoms with Crippen LogP contribution in [-0.2, 0) is 0 Å². The van der Waals surface area contributed by atoms with Crippen LogP contribution < -0.4 is 15.8 Å². The first kappa shape index (κ1) is 27.0. The predicted octanol–water partition coefficient (Wildman–Crippen LogP) is 3.37. The number of carbonyl (C=O) groups excluding carboxylic acids is 1. The zero-order chi connectivity index (χ0) is 27.5. The SMILES string of the molecule is Cc1cc(-c2cnc(N)c(Oc3cnn(C4CCN(C)CC4)c3)n2)cc(C)c1C(=O)NCCN1CCC(F)C1. The number of piperidine rings is 1. The second-order valence-electron chi connectivity index (χ2n) is 10.7. The minimum absolute atomic E-state index is 0.137. The van der Waals surface area contributed by atoms with E-state index in [1.807, 2.05) is 41.8 Å². The van der Waals surface area contributed by atoms with Gasteiger partial charge in [-0.3, -0.25) is 14.4 Å². The molecule has 0 radical (unpaired) electrons. The van der Waals surface area contributed by atoms with Gasteiger partial charge in [0, 0.05) is 37.3 Å². The number of nitrogens with one attached hydrogen (secondary N) is 1. The van der Waals surface area contributed by atoms with E-state index in [-0.39, 0.29) is 17.6 Å². The molecule has 2 aliphatic heterocycles. The zero-order valence-corrected chi connectivity index (χ0v) is 22.9. The lowest BCUT2D eigenvalue weighted by molar-refractivity contribution is 0.0948. The van der Waals surface area contributed by atoms with Crippen LogP contribution in [0.25, 0.3) is 11.3 Å². The number of likely N-dealkylation sites (tertiary alicyclic amines) is 2. The normalized spacial score (nSPS) is 18.9. The van der Waals surface area contributed by atoms with Crippen LogP contribution in [0.3, 0.4) is 0 Å². The van der Waals surface area contributed by atoms with Gasteiger partial charge in [0.15, 0.2) is 11.6 Å². The van der Waals surface area contributed by atoms with Crippen LogP contribution in [-0.4, -0.2) is 87.9 Å². The van der Waals surface area contributed by atoms with Crippen LogP contribution in [0, 0.1) is 13.8 Å². The lowest BCUT2D eigenvalue weighted by Gasteiger charge is -2.28. The van der Waals surface area contributed by atoms with Gasteiger partial charge in [-0.2, -0.15) is 5.10 Å². The Bertz CT molecular complexity index is 1300. The number of rotatable bonds is 8. The van der Waals surface area contributed by atoms with E-state index in [4.69, 9.17) is 10.5 Å². The highest BCUT2D eigenvalue weighted by Gasteiger charge is 2.22. The van der Waals surface area contributed by atoms with Crippen LogP contribution in [0.4, 0.5) is 10.2 Å². The Morgan fingerprint density at radius 2 is 1.90 bits per heavy atom. The Morgan fingerprint density at radius 1 is 1.15 bits per heavy atom. The third kappa shape index (κ3) is 6.36. The van der Waals surface area contributed by atoms with Crippen molar-refractivity contribution in [3.05, 3.63) is 47.4 Å². The van der Waals surface area contributed by atoms with Crippen molar-refractivity contribution in [3.8, 4) is 22.9 Å². The summed E-state index contributed by atoms with van der Waals surface area (Å²) < 4.78 is 21.3. The number of carbonyl (C=O) groups is 1. The average Bonchev–Trinajstić information content (AvgIpc) is 3.54.